The van der Waals surface area contributed by atoms with Crippen LogP contribution >= 0.6 is 11.8 Å². The summed E-state index contributed by atoms with van der Waals surface area (Å²) in [5.41, 5.74) is 3.34. The first-order chi connectivity index (χ1) is 9.11. The molecule has 19 heavy (non-hydrogen) atoms. The van der Waals surface area contributed by atoms with Crippen LogP contribution in [0.25, 0.3) is 10.9 Å². The van der Waals surface area contributed by atoms with Gasteiger partial charge in [0, 0.05) is 5.39 Å². The van der Waals surface area contributed by atoms with E-state index in [1.165, 1.54) is 22.7 Å². The Morgan fingerprint density at radius 1 is 1.32 bits per heavy atom. The van der Waals surface area contributed by atoms with Crippen LogP contribution in [0.15, 0.2) is 29.3 Å². The van der Waals surface area contributed by atoms with Gasteiger partial charge in [-0.05, 0) is 38.0 Å². The van der Waals surface area contributed by atoms with Crippen molar-refractivity contribution in [1.82, 2.24) is 4.98 Å². The van der Waals surface area contributed by atoms with Crippen molar-refractivity contribution in [1.29, 1.82) is 0 Å². The van der Waals surface area contributed by atoms with Crippen molar-refractivity contribution in [3.8, 4) is 0 Å². The van der Waals surface area contributed by atoms with E-state index in [1.807, 2.05) is 19.1 Å². The predicted molar refractivity (Wildman–Crippen MR) is 78.6 cm³/mol. The van der Waals surface area contributed by atoms with Gasteiger partial charge >= 0.3 is 5.97 Å². The Balaban J connectivity index is 2.25. The Bertz CT molecular complexity index is 610. The first kappa shape index (κ1) is 13.9. The molecule has 1 aromatic heterocycles. The van der Waals surface area contributed by atoms with Gasteiger partial charge < -0.3 is 4.74 Å². The average molecular weight is 275 g/mol. The molecule has 0 spiro atoms. The third-order valence-corrected chi connectivity index (χ3v) is 3.75. The molecule has 0 N–H and O–H groups in total. The largest absolute Gasteiger partial charge is 0.465 e. The number of aromatic nitrogens is 1. The van der Waals surface area contributed by atoms with Gasteiger partial charge in [-0.25, -0.2) is 4.98 Å². The topological polar surface area (TPSA) is 39.2 Å². The quantitative estimate of drug-likeness (QED) is 0.632. The van der Waals surface area contributed by atoms with E-state index in [2.05, 4.69) is 31.0 Å². The summed E-state index contributed by atoms with van der Waals surface area (Å²) in [6.45, 7) is 6.35. The highest BCUT2D eigenvalue weighted by atomic mass is 32.2. The number of benzene rings is 1. The van der Waals surface area contributed by atoms with Gasteiger partial charge in [-0.2, -0.15) is 0 Å². The fourth-order valence-corrected chi connectivity index (χ4v) is 2.71. The molecule has 1 heterocycles. The SMILES string of the molecule is CCOC(=O)CSc1cc(C)c2cccc(C)c2n1. The van der Waals surface area contributed by atoms with Gasteiger partial charge in [-0.1, -0.05) is 30.0 Å². The molecule has 0 radical (unpaired) electrons. The first-order valence-corrected chi connectivity index (χ1v) is 7.25. The summed E-state index contributed by atoms with van der Waals surface area (Å²) in [6.07, 6.45) is 0. The second-order valence-corrected chi connectivity index (χ2v) is 5.34. The minimum Gasteiger partial charge on any atom is -0.465 e. The lowest BCUT2D eigenvalue weighted by Crippen LogP contribution is -2.06. The third-order valence-electron chi connectivity index (χ3n) is 2.87. The van der Waals surface area contributed by atoms with Crippen molar-refractivity contribution in [2.45, 2.75) is 25.8 Å². The van der Waals surface area contributed by atoms with E-state index in [4.69, 9.17) is 4.74 Å². The molecule has 0 aliphatic rings. The number of para-hydroxylation sites is 1. The number of ether oxygens (including phenoxy) is 1. The van der Waals surface area contributed by atoms with E-state index in [0.717, 1.165) is 16.1 Å². The zero-order valence-electron chi connectivity index (χ0n) is 11.4. The summed E-state index contributed by atoms with van der Waals surface area (Å²) in [6, 6.07) is 8.18. The second-order valence-electron chi connectivity index (χ2n) is 4.34. The lowest BCUT2D eigenvalue weighted by molar-refractivity contribution is -0.139. The zero-order valence-corrected chi connectivity index (χ0v) is 12.2. The summed E-state index contributed by atoms with van der Waals surface area (Å²) in [5.74, 6) is 0.106. The lowest BCUT2D eigenvalue weighted by Gasteiger charge is -2.08. The van der Waals surface area contributed by atoms with E-state index in [-0.39, 0.29) is 5.97 Å². The van der Waals surface area contributed by atoms with Crippen LogP contribution in [0.3, 0.4) is 0 Å². The molecule has 0 saturated carbocycles. The maximum Gasteiger partial charge on any atom is 0.316 e. The first-order valence-electron chi connectivity index (χ1n) is 6.27. The number of rotatable bonds is 4. The maximum absolute atomic E-state index is 11.4. The van der Waals surface area contributed by atoms with Crippen LogP contribution in [0.5, 0.6) is 0 Å². The van der Waals surface area contributed by atoms with Crippen LogP contribution < -0.4 is 0 Å². The molecule has 0 unspecified atom stereocenters. The van der Waals surface area contributed by atoms with E-state index >= 15 is 0 Å². The van der Waals surface area contributed by atoms with Crippen molar-refractivity contribution < 1.29 is 9.53 Å². The van der Waals surface area contributed by atoms with Crippen LogP contribution in [-0.4, -0.2) is 23.3 Å². The molecule has 0 saturated heterocycles. The fraction of sp³-hybridized carbons (Fsp3) is 0.333. The summed E-state index contributed by atoms with van der Waals surface area (Å²) < 4.78 is 4.92. The number of esters is 1. The zero-order chi connectivity index (χ0) is 13.8. The van der Waals surface area contributed by atoms with Crippen molar-refractivity contribution in [2.24, 2.45) is 0 Å². The molecule has 0 amide bonds. The molecule has 4 heteroatoms. The average Bonchev–Trinajstić information content (AvgIpc) is 2.38. The molecule has 0 atom stereocenters. The minimum atomic E-state index is -0.197. The molecule has 2 rings (SSSR count). The molecular formula is C15H17NO2S. The summed E-state index contributed by atoms with van der Waals surface area (Å²) >= 11 is 1.42. The molecule has 0 bridgehead atoms. The van der Waals surface area contributed by atoms with Gasteiger partial charge in [0.25, 0.3) is 0 Å². The van der Waals surface area contributed by atoms with Crippen LogP contribution in [0, 0.1) is 13.8 Å². The second kappa shape index (κ2) is 6.06. The van der Waals surface area contributed by atoms with Crippen molar-refractivity contribution in [3.63, 3.8) is 0 Å². The highest BCUT2D eigenvalue weighted by molar-refractivity contribution is 7.99. The summed E-state index contributed by atoms with van der Waals surface area (Å²) in [7, 11) is 0. The van der Waals surface area contributed by atoms with E-state index < -0.39 is 0 Å². The Morgan fingerprint density at radius 3 is 2.84 bits per heavy atom. The van der Waals surface area contributed by atoms with Crippen LogP contribution in [-0.2, 0) is 9.53 Å². The monoisotopic (exact) mass is 275 g/mol. The lowest BCUT2D eigenvalue weighted by atomic mass is 10.1. The number of nitrogens with zero attached hydrogens (tertiary/aromatic N) is 1. The molecule has 100 valence electrons. The Morgan fingerprint density at radius 2 is 2.11 bits per heavy atom. The standard InChI is InChI=1S/C15H17NO2S/c1-4-18-14(17)9-19-13-8-11(3)12-7-5-6-10(2)15(12)16-13/h5-8H,4,9H2,1-3H3. The summed E-state index contributed by atoms with van der Waals surface area (Å²) in [4.78, 5) is 16.0. The molecule has 0 aliphatic heterocycles. The number of thioether (sulfide) groups is 1. The van der Waals surface area contributed by atoms with Gasteiger partial charge in [0.1, 0.15) is 0 Å². The van der Waals surface area contributed by atoms with E-state index in [0.29, 0.717) is 12.4 Å². The van der Waals surface area contributed by atoms with Gasteiger partial charge in [0.2, 0.25) is 0 Å². The Kier molecular flexibility index (Phi) is 4.43. The third kappa shape index (κ3) is 3.26. The van der Waals surface area contributed by atoms with Crippen LogP contribution in [0.4, 0.5) is 0 Å². The number of aryl methyl sites for hydroxylation is 2. The van der Waals surface area contributed by atoms with Crippen molar-refractivity contribution in [2.75, 3.05) is 12.4 Å². The Labute approximate surface area is 117 Å². The number of hydrogen-bond acceptors (Lipinski definition) is 4. The number of pyridine rings is 1. The van der Waals surface area contributed by atoms with Gasteiger partial charge in [-0.15, -0.1) is 0 Å². The summed E-state index contributed by atoms with van der Waals surface area (Å²) in [5, 5.41) is 2.04. The highest BCUT2D eigenvalue weighted by Crippen LogP contribution is 2.25. The number of hydrogen-bond donors (Lipinski definition) is 0. The van der Waals surface area contributed by atoms with Crippen LogP contribution in [0.1, 0.15) is 18.1 Å². The highest BCUT2D eigenvalue weighted by Gasteiger charge is 2.08. The predicted octanol–water partition coefficient (Wildman–Crippen LogP) is 3.51. The number of carbonyl (C=O) groups excluding carboxylic acids is 1. The van der Waals surface area contributed by atoms with Gasteiger partial charge in [0.05, 0.1) is 22.9 Å². The molecule has 2 aromatic rings. The number of fused-ring (bicyclic) bond motifs is 1. The van der Waals surface area contributed by atoms with Gasteiger partial charge in [-0.3, -0.25) is 4.79 Å². The molecule has 0 aliphatic carbocycles. The molecule has 3 nitrogen and oxygen atoms in total. The Hall–Kier alpha value is -1.55. The normalized spacial score (nSPS) is 10.7. The van der Waals surface area contributed by atoms with E-state index in [1.54, 1.807) is 0 Å². The van der Waals surface area contributed by atoms with Crippen molar-refractivity contribution in [3.05, 3.63) is 35.4 Å². The molecular weight excluding hydrogens is 258 g/mol. The molecule has 1 aromatic carbocycles. The van der Waals surface area contributed by atoms with Crippen molar-refractivity contribution >= 4 is 28.6 Å². The van der Waals surface area contributed by atoms with E-state index in [9.17, 15) is 4.79 Å². The van der Waals surface area contributed by atoms with Gasteiger partial charge in [0.15, 0.2) is 0 Å². The maximum atomic E-state index is 11.4. The van der Waals surface area contributed by atoms with Crippen LogP contribution in [0.2, 0.25) is 0 Å². The fourth-order valence-electron chi connectivity index (χ4n) is 1.94. The smallest absolute Gasteiger partial charge is 0.316 e. The molecule has 0 fully saturated rings. The minimum absolute atomic E-state index is 0.197. The number of carbonyl (C=O) groups is 1.